The van der Waals surface area contributed by atoms with Crippen molar-refractivity contribution in [2.75, 3.05) is 19.8 Å². The molecule has 5 heteroatoms. The van der Waals surface area contributed by atoms with Gasteiger partial charge in [-0.3, -0.25) is 10.1 Å². The molecule has 1 atom stereocenters. The van der Waals surface area contributed by atoms with Crippen molar-refractivity contribution >= 4 is 11.9 Å². The van der Waals surface area contributed by atoms with Crippen LogP contribution in [0.1, 0.15) is 42.6 Å². The molecule has 1 aromatic rings. The number of ether oxygens (including phenoxy) is 2. The molecule has 23 heavy (non-hydrogen) atoms. The molecule has 1 aliphatic heterocycles. The highest BCUT2D eigenvalue weighted by atomic mass is 16.5. The zero-order valence-electron chi connectivity index (χ0n) is 14.2. The summed E-state index contributed by atoms with van der Waals surface area (Å²) in [5.41, 5.74) is 1.55. The molecule has 0 bridgehead atoms. The molecule has 1 heterocycles. The molecule has 1 amide bonds. The van der Waals surface area contributed by atoms with Gasteiger partial charge < -0.3 is 9.47 Å². The Balaban J connectivity index is 2.02. The van der Waals surface area contributed by atoms with Crippen molar-refractivity contribution in [3.63, 3.8) is 0 Å². The number of benzene rings is 1. The second kappa shape index (κ2) is 8.67. The van der Waals surface area contributed by atoms with Gasteiger partial charge >= 0.3 is 0 Å². The van der Waals surface area contributed by atoms with Crippen molar-refractivity contribution in [3.8, 4) is 0 Å². The Morgan fingerprint density at radius 2 is 2.22 bits per heavy atom. The van der Waals surface area contributed by atoms with Gasteiger partial charge in [-0.1, -0.05) is 32.0 Å². The number of hydrogen-bond acceptors (Lipinski definition) is 4. The summed E-state index contributed by atoms with van der Waals surface area (Å²) < 4.78 is 11.2. The van der Waals surface area contributed by atoms with Gasteiger partial charge in [0.1, 0.15) is 0 Å². The summed E-state index contributed by atoms with van der Waals surface area (Å²) in [6.45, 7) is 7.84. The Hall–Kier alpha value is -1.88. The molecule has 1 saturated heterocycles. The van der Waals surface area contributed by atoms with Gasteiger partial charge in [0.05, 0.1) is 19.3 Å². The highest BCUT2D eigenvalue weighted by molar-refractivity contribution is 6.04. The molecule has 2 rings (SSSR count). The number of amides is 1. The van der Waals surface area contributed by atoms with E-state index in [2.05, 4.69) is 24.2 Å². The Morgan fingerprint density at radius 3 is 2.87 bits per heavy atom. The first-order valence-electron chi connectivity index (χ1n) is 8.22. The van der Waals surface area contributed by atoms with E-state index in [0.29, 0.717) is 24.6 Å². The van der Waals surface area contributed by atoms with Crippen LogP contribution in [0.2, 0.25) is 0 Å². The van der Waals surface area contributed by atoms with E-state index in [-0.39, 0.29) is 18.0 Å². The molecular weight excluding hydrogens is 292 g/mol. The number of nitrogens with zero attached hydrogens (tertiary/aromatic N) is 1. The number of aryl methyl sites for hydroxylation is 1. The average molecular weight is 318 g/mol. The molecule has 0 radical (unpaired) electrons. The van der Waals surface area contributed by atoms with Gasteiger partial charge in [-0.2, -0.15) is 0 Å². The van der Waals surface area contributed by atoms with Gasteiger partial charge in [0.25, 0.3) is 11.9 Å². The van der Waals surface area contributed by atoms with Gasteiger partial charge in [0.2, 0.25) is 0 Å². The summed E-state index contributed by atoms with van der Waals surface area (Å²) in [6, 6.07) is 7.74. The smallest absolute Gasteiger partial charge is 0.291 e. The molecule has 0 aromatic heterocycles. The molecule has 1 N–H and O–H groups in total. The number of amidine groups is 1. The summed E-state index contributed by atoms with van der Waals surface area (Å²) in [7, 11) is 0. The molecule has 0 spiro atoms. The first-order chi connectivity index (χ1) is 11.1. The Labute approximate surface area is 138 Å². The highest BCUT2D eigenvalue weighted by Crippen LogP contribution is 2.12. The normalized spacial score (nSPS) is 18.3. The standard InChI is InChI=1S/C18H26N2O3/c1-13(2)12-23-18(19-11-15-8-6-10-22-15)20-17(21)16-9-5-4-7-14(16)3/h4-5,7,9,13,15H,6,8,10-12H2,1-3H3,(H,19,20,21)/t15-/m0/s1. The first kappa shape index (κ1) is 17.5. The minimum absolute atomic E-state index is 0.128. The van der Waals surface area contributed by atoms with Crippen molar-refractivity contribution < 1.29 is 14.3 Å². The fraction of sp³-hybridized carbons (Fsp3) is 0.556. The lowest BCUT2D eigenvalue weighted by Gasteiger charge is -2.14. The lowest BCUT2D eigenvalue weighted by atomic mass is 10.1. The fourth-order valence-electron chi connectivity index (χ4n) is 2.33. The van der Waals surface area contributed by atoms with Crippen molar-refractivity contribution in [2.45, 2.75) is 39.7 Å². The topological polar surface area (TPSA) is 59.9 Å². The van der Waals surface area contributed by atoms with E-state index in [1.807, 2.05) is 25.1 Å². The third kappa shape index (κ3) is 5.67. The van der Waals surface area contributed by atoms with Crippen molar-refractivity contribution in [3.05, 3.63) is 35.4 Å². The fourth-order valence-corrected chi connectivity index (χ4v) is 2.33. The largest absolute Gasteiger partial charge is 0.465 e. The summed E-state index contributed by atoms with van der Waals surface area (Å²) in [5, 5.41) is 2.79. The van der Waals surface area contributed by atoms with Crippen molar-refractivity contribution in [1.82, 2.24) is 5.32 Å². The molecule has 1 aliphatic rings. The van der Waals surface area contributed by atoms with Gasteiger partial charge in [0.15, 0.2) is 0 Å². The lowest BCUT2D eigenvalue weighted by molar-refractivity contribution is 0.0959. The van der Waals surface area contributed by atoms with E-state index in [4.69, 9.17) is 9.47 Å². The van der Waals surface area contributed by atoms with Crippen molar-refractivity contribution in [2.24, 2.45) is 10.9 Å². The first-order valence-corrected chi connectivity index (χ1v) is 8.22. The Morgan fingerprint density at radius 1 is 1.43 bits per heavy atom. The summed E-state index contributed by atoms with van der Waals surface area (Å²) in [6.07, 6.45) is 2.20. The van der Waals surface area contributed by atoms with Gasteiger partial charge in [-0.15, -0.1) is 0 Å². The summed E-state index contributed by atoms with van der Waals surface area (Å²) >= 11 is 0. The second-order valence-electron chi connectivity index (χ2n) is 6.25. The molecule has 0 unspecified atom stereocenters. The maximum Gasteiger partial charge on any atom is 0.291 e. The van der Waals surface area contributed by atoms with E-state index in [9.17, 15) is 4.79 Å². The maximum absolute atomic E-state index is 12.4. The number of carbonyl (C=O) groups is 1. The van der Waals surface area contributed by atoms with E-state index < -0.39 is 0 Å². The monoisotopic (exact) mass is 318 g/mol. The minimum Gasteiger partial charge on any atom is -0.465 e. The molecule has 1 aromatic carbocycles. The third-order valence-electron chi connectivity index (χ3n) is 3.63. The SMILES string of the molecule is Cc1ccccc1C(=O)NC(=NC[C@@H]1CCCO1)OCC(C)C. The molecule has 5 nitrogen and oxygen atoms in total. The number of hydrogen-bond donors (Lipinski definition) is 1. The number of rotatable bonds is 5. The van der Waals surface area contributed by atoms with Gasteiger partial charge in [0, 0.05) is 12.2 Å². The van der Waals surface area contributed by atoms with Crippen LogP contribution in [0.15, 0.2) is 29.3 Å². The van der Waals surface area contributed by atoms with Crippen LogP contribution in [-0.2, 0) is 9.47 Å². The van der Waals surface area contributed by atoms with Crippen LogP contribution in [0.25, 0.3) is 0 Å². The van der Waals surface area contributed by atoms with Gasteiger partial charge in [-0.25, -0.2) is 4.99 Å². The molecular formula is C18H26N2O3. The maximum atomic E-state index is 12.4. The van der Waals surface area contributed by atoms with Crippen LogP contribution in [-0.4, -0.2) is 37.8 Å². The minimum atomic E-state index is -0.196. The van der Waals surface area contributed by atoms with Crippen LogP contribution < -0.4 is 5.32 Å². The molecule has 1 fully saturated rings. The number of carbonyl (C=O) groups excluding carboxylic acids is 1. The van der Waals surface area contributed by atoms with E-state index in [1.54, 1.807) is 6.07 Å². The Kier molecular flexibility index (Phi) is 6.59. The zero-order chi connectivity index (χ0) is 16.7. The predicted octanol–water partition coefficient (Wildman–Crippen LogP) is 2.93. The third-order valence-corrected chi connectivity index (χ3v) is 3.63. The summed E-state index contributed by atoms with van der Waals surface area (Å²) in [4.78, 5) is 16.8. The molecule has 0 aliphatic carbocycles. The Bertz CT molecular complexity index is 549. The number of nitrogens with one attached hydrogen (secondary N) is 1. The quantitative estimate of drug-likeness (QED) is 0.671. The average Bonchev–Trinajstić information content (AvgIpc) is 3.03. The van der Waals surface area contributed by atoms with Crippen LogP contribution >= 0.6 is 0 Å². The van der Waals surface area contributed by atoms with Crippen LogP contribution in [0.5, 0.6) is 0 Å². The molecule has 126 valence electrons. The molecule has 0 saturated carbocycles. The van der Waals surface area contributed by atoms with E-state index in [0.717, 1.165) is 25.0 Å². The van der Waals surface area contributed by atoms with Gasteiger partial charge in [-0.05, 0) is 37.3 Å². The zero-order valence-corrected chi connectivity index (χ0v) is 14.2. The van der Waals surface area contributed by atoms with Crippen LogP contribution in [0.4, 0.5) is 0 Å². The highest BCUT2D eigenvalue weighted by Gasteiger charge is 2.17. The number of aliphatic imine (C=N–C) groups is 1. The summed E-state index contributed by atoms with van der Waals surface area (Å²) in [5.74, 6) is 0.163. The van der Waals surface area contributed by atoms with E-state index >= 15 is 0 Å². The van der Waals surface area contributed by atoms with Crippen LogP contribution in [0, 0.1) is 12.8 Å². The second-order valence-corrected chi connectivity index (χ2v) is 6.25. The van der Waals surface area contributed by atoms with E-state index in [1.165, 1.54) is 0 Å². The van der Waals surface area contributed by atoms with Crippen LogP contribution in [0.3, 0.4) is 0 Å². The van der Waals surface area contributed by atoms with Crippen molar-refractivity contribution in [1.29, 1.82) is 0 Å². The predicted molar refractivity (Wildman–Crippen MR) is 90.7 cm³/mol. The lowest BCUT2D eigenvalue weighted by Crippen LogP contribution is -2.34.